The standard InChI is InChI=1S/C8H11F3O3/c1-14-6(13)7(8(9,10)11)3-2-5(12)4-7/h5,12H,2-4H2,1H3/t5-,7-/m0/s1. The molecule has 14 heavy (non-hydrogen) atoms. The second kappa shape index (κ2) is 3.42. The zero-order chi connectivity index (χ0) is 11.0. The molecule has 1 N–H and O–H groups in total. The van der Waals surface area contributed by atoms with Gasteiger partial charge in [0.25, 0.3) is 0 Å². The van der Waals surface area contributed by atoms with Gasteiger partial charge in [-0.15, -0.1) is 0 Å². The zero-order valence-electron chi connectivity index (χ0n) is 7.60. The Labute approximate surface area is 78.9 Å². The summed E-state index contributed by atoms with van der Waals surface area (Å²) in [7, 11) is 0.917. The number of ether oxygens (including phenoxy) is 1. The van der Waals surface area contributed by atoms with Crippen LogP contribution in [0.1, 0.15) is 19.3 Å². The van der Waals surface area contributed by atoms with E-state index in [4.69, 9.17) is 5.11 Å². The van der Waals surface area contributed by atoms with Gasteiger partial charge in [-0.3, -0.25) is 4.79 Å². The quantitative estimate of drug-likeness (QED) is 0.665. The molecule has 1 aliphatic rings. The number of methoxy groups -OCH3 is 1. The first-order valence-corrected chi connectivity index (χ1v) is 4.17. The number of rotatable bonds is 1. The number of halogens is 3. The Bertz CT molecular complexity index is 238. The van der Waals surface area contributed by atoms with E-state index in [9.17, 15) is 18.0 Å². The molecule has 6 heteroatoms. The molecule has 0 aliphatic heterocycles. The van der Waals surface area contributed by atoms with Crippen LogP contribution in [0.3, 0.4) is 0 Å². The molecule has 3 nitrogen and oxygen atoms in total. The van der Waals surface area contributed by atoms with Crippen LogP contribution in [0.2, 0.25) is 0 Å². The summed E-state index contributed by atoms with van der Waals surface area (Å²) < 4.78 is 42.0. The highest BCUT2D eigenvalue weighted by Gasteiger charge is 2.64. The van der Waals surface area contributed by atoms with Crippen LogP contribution >= 0.6 is 0 Å². The largest absolute Gasteiger partial charge is 0.468 e. The van der Waals surface area contributed by atoms with Gasteiger partial charge in [-0.1, -0.05) is 0 Å². The molecule has 1 rings (SSSR count). The van der Waals surface area contributed by atoms with Crippen molar-refractivity contribution in [1.29, 1.82) is 0 Å². The summed E-state index contributed by atoms with van der Waals surface area (Å²) in [5.41, 5.74) is -2.50. The monoisotopic (exact) mass is 212 g/mol. The molecule has 1 saturated carbocycles. The highest BCUT2D eigenvalue weighted by Crippen LogP contribution is 2.51. The van der Waals surface area contributed by atoms with Gasteiger partial charge in [-0.05, 0) is 19.3 Å². The van der Waals surface area contributed by atoms with Crippen molar-refractivity contribution >= 4 is 5.97 Å². The maximum Gasteiger partial charge on any atom is 0.405 e. The van der Waals surface area contributed by atoms with E-state index in [-0.39, 0.29) is 6.42 Å². The van der Waals surface area contributed by atoms with Crippen LogP contribution in [-0.2, 0) is 9.53 Å². The maximum absolute atomic E-state index is 12.6. The lowest BCUT2D eigenvalue weighted by Crippen LogP contribution is -2.44. The number of esters is 1. The van der Waals surface area contributed by atoms with E-state index in [2.05, 4.69) is 4.74 Å². The predicted octanol–water partition coefficient (Wildman–Crippen LogP) is 1.25. The molecule has 0 amide bonds. The minimum Gasteiger partial charge on any atom is -0.468 e. The van der Waals surface area contributed by atoms with Crippen LogP contribution in [0, 0.1) is 5.41 Å². The molecule has 1 fully saturated rings. The molecule has 0 heterocycles. The van der Waals surface area contributed by atoms with E-state index in [1.54, 1.807) is 0 Å². The van der Waals surface area contributed by atoms with Crippen LogP contribution in [0.15, 0.2) is 0 Å². The number of alkyl halides is 3. The Kier molecular flexibility index (Phi) is 2.76. The molecule has 0 aromatic rings. The van der Waals surface area contributed by atoms with E-state index >= 15 is 0 Å². The van der Waals surface area contributed by atoms with Crippen molar-refractivity contribution in [2.45, 2.75) is 31.5 Å². The fourth-order valence-electron chi connectivity index (χ4n) is 1.77. The summed E-state index contributed by atoms with van der Waals surface area (Å²) in [6.45, 7) is 0. The molecule has 0 aromatic heterocycles. The number of aliphatic hydroxyl groups excluding tert-OH is 1. The first kappa shape index (κ1) is 11.3. The molecule has 0 saturated heterocycles. The Hall–Kier alpha value is -0.780. The summed E-state index contributed by atoms with van der Waals surface area (Å²) in [4.78, 5) is 11.1. The highest BCUT2D eigenvalue weighted by molar-refractivity contribution is 5.78. The lowest BCUT2D eigenvalue weighted by Gasteiger charge is -2.28. The van der Waals surface area contributed by atoms with Gasteiger partial charge in [-0.25, -0.2) is 0 Å². The van der Waals surface area contributed by atoms with Gasteiger partial charge in [0.15, 0.2) is 5.41 Å². The molecular weight excluding hydrogens is 201 g/mol. The molecule has 0 bridgehead atoms. The van der Waals surface area contributed by atoms with E-state index in [0.29, 0.717) is 0 Å². The molecule has 0 spiro atoms. The minimum absolute atomic E-state index is 0.0192. The van der Waals surface area contributed by atoms with Gasteiger partial charge in [0, 0.05) is 0 Å². The summed E-state index contributed by atoms with van der Waals surface area (Å²) in [6.07, 6.45) is -6.74. The Morgan fingerprint density at radius 2 is 2.14 bits per heavy atom. The molecule has 1 aliphatic carbocycles. The summed E-state index contributed by atoms with van der Waals surface area (Å²) in [6, 6.07) is 0. The van der Waals surface area contributed by atoms with Gasteiger partial charge in [0.2, 0.25) is 0 Å². The number of carbonyl (C=O) groups is 1. The van der Waals surface area contributed by atoms with Gasteiger partial charge < -0.3 is 9.84 Å². The van der Waals surface area contributed by atoms with Crippen molar-refractivity contribution in [3.05, 3.63) is 0 Å². The van der Waals surface area contributed by atoms with Crippen molar-refractivity contribution in [3.8, 4) is 0 Å². The molecule has 0 unspecified atom stereocenters. The van der Waals surface area contributed by atoms with Crippen molar-refractivity contribution < 1.29 is 27.8 Å². The summed E-state index contributed by atoms with van der Waals surface area (Å²) >= 11 is 0. The van der Waals surface area contributed by atoms with Gasteiger partial charge in [-0.2, -0.15) is 13.2 Å². The van der Waals surface area contributed by atoms with E-state index < -0.39 is 36.5 Å². The number of hydrogen-bond acceptors (Lipinski definition) is 3. The first-order valence-electron chi connectivity index (χ1n) is 4.17. The fraction of sp³-hybridized carbons (Fsp3) is 0.875. The van der Waals surface area contributed by atoms with Gasteiger partial charge in [0.05, 0.1) is 13.2 Å². The molecular formula is C8H11F3O3. The third-order valence-electron chi connectivity index (χ3n) is 2.61. The first-order chi connectivity index (χ1) is 6.33. The molecule has 0 aromatic carbocycles. The molecule has 0 radical (unpaired) electrons. The zero-order valence-corrected chi connectivity index (χ0v) is 7.60. The minimum atomic E-state index is -4.66. The average Bonchev–Trinajstić information content (AvgIpc) is 2.46. The van der Waals surface area contributed by atoms with Crippen molar-refractivity contribution in [3.63, 3.8) is 0 Å². The molecule has 2 atom stereocenters. The van der Waals surface area contributed by atoms with Crippen LogP contribution in [-0.4, -0.2) is 30.5 Å². The lowest BCUT2D eigenvalue weighted by atomic mass is 9.85. The van der Waals surface area contributed by atoms with Crippen molar-refractivity contribution in [2.24, 2.45) is 5.41 Å². The summed E-state index contributed by atoms with van der Waals surface area (Å²) in [5, 5.41) is 9.06. The second-order valence-corrected chi connectivity index (χ2v) is 3.47. The Morgan fingerprint density at radius 3 is 2.43 bits per heavy atom. The Balaban J connectivity index is 2.98. The third kappa shape index (κ3) is 1.58. The average molecular weight is 212 g/mol. The van der Waals surface area contributed by atoms with Crippen LogP contribution < -0.4 is 0 Å². The van der Waals surface area contributed by atoms with E-state index in [0.717, 1.165) is 7.11 Å². The smallest absolute Gasteiger partial charge is 0.405 e. The fourth-order valence-corrected chi connectivity index (χ4v) is 1.77. The van der Waals surface area contributed by atoms with Crippen LogP contribution in [0.5, 0.6) is 0 Å². The topological polar surface area (TPSA) is 46.5 Å². The number of carbonyl (C=O) groups excluding carboxylic acids is 1. The Morgan fingerprint density at radius 1 is 1.57 bits per heavy atom. The maximum atomic E-state index is 12.6. The number of hydrogen-bond donors (Lipinski definition) is 1. The van der Waals surface area contributed by atoms with Crippen molar-refractivity contribution in [2.75, 3.05) is 7.11 Å². The highest BCUT2D eigenvalue weighted by atomic mass is 19.4. The summed E-state index contributed by atoms with van der Waals surface area (Å²) in [5.74, 6) is -1.30. The van der Waals surface area contributed by atoms with E-state index in [1.807, 2.05) is 0 Å². The predicted molar refractivity (Wildman–Crippen MR) is 40.4 cm³/mol. The third-order valence-corrected chi connectivity index (χ3v) is 2.61. The van der Waals surface area contributed by atoms with Gasteiger partial charge in [0.1, 0.15) is 0 Å². The van der Waals surface area contributed by atoms with Crippen LogP contribution in [0.25, 0.3) is 0 Å². The lowest BCUT2D eigenvalue weighted by molar-refractivity contribution is -0.233. The molecule has 82 valence electrons. The van der Waals surface area contributed by atoms with Crippen molar-refractivity contribution in [1.82, 2.24) is 0 Å². The van der Waals surface area contributed by atoms with E-state index in [1.165, 1.54) is 0 Å². The SMILES string of the molecule is COC(=O)[C@]1(C(F)(F)F)CC[C@H](O)C1. The van der Waals surface area contributed by atoms with Gasteiger partial charge >= 0.3 is 12.1 Å². The van der Waals surface area contributed by atoms with Crippen LogP contribution in [0.4, 0.5) is 13.2 Å². The second-order valence-electron chi connectivity index (χ2n) is 3.47. The number of aliphatic hydroxyl groups is 1. The normalized spacial score (nSPS) is 33.1.